The molecule has 7 nitrogen and oxygen atoms in total. The van der Waals surface area contributed by atoms with Gasteiger partial charge in [0.1, 0.15) is 6.10 Å². The Labute approximate surface area is 290 Å². The number of ether oxygens (including phenoxy) is 2. The first kappa shape index (κ1) is 34.1. The Bertz CT molecular complexity index is 1850. The third kappa shape index (κ3) is 5.74. The monoisotopic (exact) mass is 686 g/mol. The quantitative estimate of drug-likeness (QED) is 0.189. The third-order valence-electron chi connectivity index (χ3n) is 11.1. The molecule has 2 aliphatic heterocycles. The van der Waals surface area contributed by atoms with Crippen molar-refractivity contribution in [3.05, 3.63) is 94.5 Å². The Morgan fingerprint density at radius 2 is 1.82 bits per heavy atom. The van der Waals surface area contributed by atoms with Gasteiger partial charge in [-0.05, 0) is 86.0 Å². The van der Waals surface area contributed by atoms with E-state index in [1.165, 1.54) is 24.6 Å². The number of amides is 1. The summed E-state index contributed by atoms with van der Waals surface area (Å²) in [6, 6.07) is 17.8. The zero-order chi connectivity index (χ0) is 35.4. The van der Waals surface area contributed by atoms with Crippen LogP contribution in [0.1, 0.15) is 67.9 Å². The smallest absolute Gasteiger partial charge is 0.416 e. The lowest BCUT2D eigenvalue weighted by Gasteiger charge is -2.64. The van der Waals surface area contributed by atoms with Gasteiger partial charge in [-0.25, -0.2) is 0 Å². The summed E-state index contributed by atoms with van der Waals surface area (Å²) in [5.41, 5.74) is 0.628. The summed E-state index contributed by atoms with van der Waals surface area (Å²) < 4.78 is 51.8. The van der Waals surface area contributed by atoms with Crippen LogP contribution in [0.25, 0.3) is 0 Å². The van der Waals surface area contributed by atoms with Gasteiger partial charge in [-0.3, -0.25) is 14.5 Å². The summed E-state index contributed by atoms with van der Waals surface area (Å²) in [4.78, 5) is 30.3. The van der Waals surface area contributed by atoms with Gasteiger partial charge in [0.2, 0.25) is 0 Å². The first-order valence-electron chi connectivity index (χ1n) is 17.3. The van der Waals surface area contributed by atoms with E-state index in [0.717, 1.165) is 42.8 Å². The van der Waals surface area contributed by atoms with Gasteiger partial charge >= 0.3 is 12.1 Å². The van der Waals surface area contributed by atoms with Crippen molar-refractivity contribution in [2.24, 2.45) is 5.92 Å². The van der Waals surface area contributed by atoms with Crippen molar-refractivity contribution in [1.82, 2.24) is 9.80 Å². The maximum Gasteiger partial charge on any atom is 0.416 e. The van der Waals surface area contributed by atoms with E-state index in [1.807, 2.05) is 38.1 Å². The molecule has 1 amide bonds. The minimum Gasteiger partial charge on any atom is -0.483 e. The summed E-state index contributed by atoms with van der Waals surface area (Å²) >= 11 is 0. The first-order valence-corrected chi connectivity index (χ1v) is 17.3. The van der Waals surface area contributed by atoms with Crippen LogP contribution in [0, 0.1) is 17.8 Å². The van der Waals surface area contributed by atoms with Crippen molar-refractivity contribution >= 4 is 11.9 Å². The molecule has 2 aliphatic carbocycles. The number of nitrogens with zero attached hydrogens (tertiary/aromatic N) is 2. The molecule has 1 N–H and O–H groups in total. The minimum absolute atomic E-state index is 0.0695. The molecule has 2 bridgehead atoms. The topological polar surface area (TPSA) is 79.3 Å². The van der Waals surface area contributed by atoms with Gasteiger partial charge in [0.15, 0.2) is 11.5 Å². The molecule has 5 atom stereocenters. The van der Waals surface area contributed by atoms with Crippen LogP contribution in [-0.4, -0.2) is 70.2 Å². The van der Waals surface area contributed by atoms with Crippen LogP contribution < -0.4 is 9.47 Å². The zero-order valence-electron chi connectivity index (χ0n) is 28.4. The SMILES string of the molecule is CC(=O)Oc1ccc2c3c1O[C@H]1[C@@H](N(CC(C)C)C(=O)C#Cc4ccc(C(F)(F)F)cc4)CC[C@@]4(O)[C@@H](C2)N(CCc2ccccc2)CC[C@]314. The molecular weight excluding hydrogens is 645 g/mol. The Balaban J connectivity index is 1.26. The molecule has 3 aromatic rings. The summed E-state index contributed by atoms with van der Waals surface area (Å²) in [5, 5.41) is 13.1. The Morgan fingerprint density at radius 1 is 1.08 bits per heavy atom. The molecule has 1 spiro atoms. The number of hydrogen-bond donors (Lipinski definition) is 1. The number of benzene rings is 3. The van der Waals surface area contributed by atoms with Crippen molar-refractivity contribution in [3.63, 3.8) is 0 Å². The lowest BCUT2D eigenvalue weighted by molar-refractivity contribution is -0.200. The number of esters is 1. The maximum absolute atomic E-state index is 14.0. The molecule has 1 saturated carbocycles. The van der Waals surface area contributed by atoms with E-state index >= 15 is 0 Å². The molecule has 2 heterocycles. The lowest BCUT2D eigenvalue weighted by Crippen LogP contribution is -2.78. The summed E-state index contributed by atoms with van der Waals surface area (Å²) in [5.74, 6) is 5.35. The van der Waals surface area contributed by atoms with Gasteiger partial charge in [-0.15, -0.1) is 0 Å². The highest BCUT2D eigenvalue weighted by Gasteiger charge is 2.73. The summed E-state index contributed by atoms with van der Waals surface area (Å²) in [7, 11) is 0. The Hall–Kier alpha value is -4.33. The highest BCUT2D eigenvalue weighted by Crippen LogP contribution is 2.66. The molecule has 50 heavy (non-hydrogen) atoms. The number of piperidine rings is 1. The van der Waals surface area contributed by atoms with E-state index in [4.69, 9.17) is 9.47 Å². The fourth-order valence-corrected chi connectivity index (χ4v) is 9.04. The number of alkyl halides is 3. The summed E-state index contributed by atoms with van der Waals surface area (Å²) in [6.45, 7) is 7.22. The molecule has 0 unspecified atom stereocenters. The van der Waals surface area contributed by atoms with Gasteiger partial charge in [0, 0.05) is 43.1 Å². The van der Waals surface area contributed by atoms with Gasteiger partial charge in [0.25, 0.3) is 5.91 Å². The van der Waals surface area contributed by atoms with Crippen molar-refractivity contribution < 1.29 is 37.3 Å². The van der Waals surface area contributed by atoms with Gasteiger partial charge in [0.05, 0.1) is 22.6 Å². The van der Waals surface area contributed by atoms with E-state index in [2.05, 4.69) is 28.9 Å². The van der Waals surface area contributed by atoms with E-state index in [0.29, 0.717) is 49.3 Å². The van der Waals surface area contributed by atoms with Crippen molar-refractivity contribution in [2.75, 3.05) is 19.6 Å². The predicted octanol–water partition coefficient (Wildman–Crippen LogP) is 5.93. The summed E-state index contributed by atoms with van der Waals surface area (Å²) in [6.07, 6.45) is -2.18. The van der Waals surface area contributed by atoms with Crippen LogP contribution in [0.15, 0.2) is 66.7 Å². The van der Waals surface area contributed by atoms with Crippen molar-refractivity contribution in [2.45, 2.75) is 88.3 Å². The van der Waals surface area contributed by atoms with Crippen LogP contribution in [0.4, 0.5) is 13.2 Å². The number of carbonyl (C=O) groups is 2. The molecule has 262 valence electrons. The second-order valence-corrected chi connectivity index (χ2v) is 14.5. The number of hydrogen-bond acceptors (Lipinski definition) is 6. The van der Waals surface area contributed by atoms with Crippen LogP contribution in [-0.2, 0) is 34.0 Å². The average Bonchev–Trinajstić information content (AvgIpc) is 3.43. The van der Waals surface area contributed by atoms with Crippen LogP contribution in [0.2, 0.25) is 0 Å². The Morgan fingerprint density at radius 3 is 2.50 bits per heavy atom. The van der Waals surface area contributed by atoms with E-state index in [-0.39, 0.29) is 12.0 Å². The lowest BCUT2D eigenvalue weighted by atomic mass is 9.48. The molecule has 3 aromatic carbocycles. The predicted molar refractivity (Wildman–Crippen MR) is 181 cm³/mol. The van der Waals surface area contributed by atoms with E-state index in [9.17, 15) is 27.9 Å². The number of carbonyl (C=O) groups excluding carboxylic acids is 2. The maximum atomic E-state index is 14.0. The fourth-order valence-electron chi connectivity index (χ4n) is 9.04. The zero-order valence-corrected chi connectivity index (χ0v) is 28.4. The van der Waals surface area contributed by atoms with Gasteiger partial charge in [-0.2, -0.15) is 13.2 Å². The molecule has 10 heteroatoms. The number of likely N-dealkylation sites (tertiary alicyclic amines) is 1. The molecule has 1 saturated heterocycles. The van der Waals surface area contributed by atoms with Crippen LogP contribution in [0.5, 0.6) is 11.5 Å². The minimum atomic E-state index is -4.47. The largest absolute Gasteiger partial charge is 0.483 e. The molecule has 7 rings (SSSR count). The normalized spacial score (nSPS) is 26.4. The van der Waals surface area contributed by atoms with Crippen molar-refractivity contribution in [1.29, 1.82) is 0 Å². The average molecular weight is 687 g/mol. The molecular formula is C40H41F3N2O5. The van der Waals surface area contributed by atoms with E-state index < -0.39 is 46.8 Å². The van der Waals surface area contributed by atoms with Crippen molar-refractivity contribution in [3.8, 4) is 23.3 Å². The van der Waals surface area contributed by atoms with Crippen LogP contribution in [0.3, 0.4) is 0 Å². The third-order valence-corrected chi connectivity index (χ3v) is 11.1. The van der Waals surface area contributed by atoms with Crippen LogP contribution >= 0.6 is 0 Å². The number of aliphatic hydroxyl groups is 1. The molecule has 2 fully saturated rings. The number of rotatable bonds is 7. The standard InChI is InChI=1S/C40H41F3N2O5/c1-25(2)24-45(34(47)16-11-28-9-13-30(14-10-28)40(41,42)43)31-17-19-39(48)33-23-29-12-15-32(49-26(3)46)36-35(29)38(39,37(31)50-36)20-22-44(33)21-18-27-7-5-4-6-8-27/h4-10,12-15,25,31,33,37,48H,17-24H2,1-3H3/t31-,33+,37-,38-,39+/m0/s1. The fraction of sp³-hybridized carbons (Fsp3) is 0.450. The second-order valence-electron chi connectivity index (χ2n) is 14.5. The highest BCUT2D eigenvalue weighted by molar-refractivity contribution is 5.94. The highest BCUT2D eigenvalue weighted by atomic mass is 19.4. The molecule has 0 radical (unpaired) electrons. The van der Waals surface area contributed by atoms with Gasteiger partial charge in [-0.1, -0.05) is 56.2 Å². The molecule has 0 aromatic heterocycles. The number of halogens is 3. The first-order chi connectivity index (χ1) is 23.8. The second kappa shape index (κ2) is 12.8. The van der Waals surface area contributed by atoms with Gasteiger partial charge < -0.3 is 19.5 Å². The molecule has 4 aliphatic rings. The van der Waals surface area contributed by atoms with E-state index in [1.54, 1.807) is 11.0 Å². The Kier molecular flexibility index (Phi) is 8.72.